The first-order valence-corrected chi connectivity index (χ1v) is 11.5. The van der Waals surface area contributed by atoms with Crippen molar-refractivity contribution in [1.82, 2.24) is 4.98 Å². The van der Waals surface area contributed by atoms with Gasteiger partial charge in [0.15, 0.2) is 0 Å². The molecule has 1 amide bonds. The third-order valence-electron chi connectivity index (χ3n) is 6.08. The number of hydrogen-bond donors (Lipinski definition) is 1. The van der Waals surface area contributed by atoms with Gasteiger partial charge in [-0.05, 0) is 54.7 Å². The SMILES string of the molecule is CC(C)COc1ccc(NC(=O)C2(c3ccccc3Cl)CCCCC2)c2cccnc12. The first-order valence-electron chi connectivity index (χ1n) is 11.1. The molecular formula is C26H29ClN2O2. The fraction of sp³-hybridized carbons (Fsp3) is 0.385. The van der Waals surface area contributed by atoms with Crippen LogP contribution in [0.2, 0.25) is 5.02 Å². The maximum Gasteiger partial charge on any atom is 0.235 e. The fourth-order valence-corrected chi connectivity index (χ4v) is 4.81. The molecule has 1 aliphatic carbocycles. The van der Waals surface area contributed by atoms with Gasteiger partial charge in [0, 0.05) is 16.6 Å². The highest BCUT2D eigenvalue weighted by Crippen LogP contribution is 2.43. The van der Waals surface area contributed by atoms with E-state index in [-0.39, 0.29) is 5.91 Å². The van der Waals surface area contributed by atoms with E-state index in [9.17, 15) is 4.79 Å². The zero-order valence-electron chi connectivity index (χ0n) is 18.2. The number of halogens is 1. The maximum atomic E-state index is 13.8. The standard InChI is InChI=1S/C26H29ClN2O2/c1-18(2)17-31-23-13-12-22(19-9-8-16-28-24(19)23)29-25(30)26(14-6-3-7-15-26)20-10-4-5-11-21(20)27/h4-5,8-13,16,18H,3,6-7,14-15,17H2,1-2H3,(H,29,30). The van der Waals surface area contributed by atoms with Crippen molar-refractivity contribution < 1.29 is 9.53 Å². The number of benzene rings is 2. The minimum Gasteiger partial charge on any atom is -0.491 e. The quantitative estimate of drug-likeness (QED) is 0.464. The Balaban J connectivity index is 1.70. The monoisotopic (exact) mass is 436 g/mol. The number of amides is 1. The van der Waals surface area contributed by atoms with Gasteiger partial charge in [0.25, 0.3) is 0 Å². The summed E-state index contributed by atoms with van der Waals surface area (Å²) in [6.45, 7) is 4.85. The molecular weight excluding hydrogens is 408 g/mol. The number of aromatic nitrogens is 1. The van der Waals surface area contributed by atoms with Crippen LogP contribution in [0.5, 0.6) is 5.75 Å². The molecule has 0 bridgehead atoms. The second kappa shape index (κ2) is 9.27. The van der Waals surface area contributed by atoms with Crippen molar-refractivity contribution in [3.05, 3.63) is 65.3 Å². The van der Waals surface area contributed by atoms with E-state index in [0.29, 0.717) is 17.5 Å². The lowest BCUT2D eigenvalue weighted by molar-refractivity contribution is -0.122. The number of ether oxygens (including phenoxy) is 1. The Hall–Kier alpha value is -2.59. The van der Waals surface area contributed by atoms with Crippen molar-refractivity contribution in [3.63, 3.8) is 0 Å². The van der Waals surface area contributed by atoms with Gasteiger partial charge in [0.05, 0.1) is 17.7 Å². The first-order chi connectivity index (χ1) is 15.0. The van der Waals surface area contributed by atoms with E-state index in [1.165, 1.54) is 0 Å². The highest BCUT2D eigenvalue weighted by atomic mass is 35.5. The molecule has 162 valence electrons. The van der Waals surface area contributed by atoms with Crippen LogP contribution in [0, 0.1) is 5.92 Å². The van der Waals surface area contributed by atoms with Crippen LogP contribution in [-0.2, 0) is 10.2 Å². The lowest BCUT2D eigenvalue weighted by Gasteiger charge is -2.37. The Morgan fingerprint density at radius 2 is 1.87 bits per heavy atom. The van der Waals surface area contributed by atoms with Crippen LogP contribution in [0.25, 0.3) is 10.9 Å². The van der Waals surface area contributed by atoms with Gasteiger partial charge in [0.1, 0.15) is 11.3 Å². The Labute approximate surface area is 189 Å². The summed E-state index contributed by atoms with van der Waals surface area (Å²) in [5, 5.41) is 4.75. The molecule has 0 spiro atoms. The molecule has 1 aromatic heterocycles. The molecule has 1 N–H and O–H groups in total. The molecule has 3 aromatic rings. The van der Waals surface area contributed by atoms with E-state index in [1.807, 2.05) is 48.5 Å². The number of hydrogen-bond acceptors (Lipinski definition) is 3. The molecule has 4 rings (SSSR count). The number of carbonyl (C=O) groups is 1. The fourth-order valence-electron chi connectivity index (χ4n) is 4.49. The predicted molar refractivity (Wildman–Crippen MR) is 127 cm³/mol. The Morgan fingerprint density at radius 3 is 2.61 bits per heavy atom. The van der Waals surface area contributed by atoms with Crippen LogP contribution in [0.3, 0.4) is 0 Å². The van der Waals surface area contributed by atoms with Gasteiger partial charge in [-0.2, -0.15) is 0 Å². The van der Waals surface area contributed by atoms with Crippen molar-refractivity contribution in [2.75, 3.05) is 11.9 Å². The summed E-state index contributed by atoms with van der Waals surface area (Å²) in [6.07, 6.45) is 6.53. The summed E-state index contributed by atoms with van der Waals surface area (Å²) < 4.78 is 5.97. The second-order valence-electron chi connectivity index (χ2n) is 8.79. The largest absolute Gasteiger partial charge is 0.491 e. The molecule has 0 unspecified atom stereocenters. The molecule has 1 heterocycles. The summed E-state index contributed by atoms with van der Waals surface area (Å²) in [7, 11) is 0. The van der Waals surface area contributed by atoms with E-state index < -0.39 is 5.41 Å². The Morgan fingerprint density at radius 1 is 1.10 bits per heavy atom. The number of anilines is 1. The normalized spacial score (nSPS) is 15.7. The number of nitrogens with one attached hydrogen (secondary N) is 1. The topological polar surface area (TPSA) is 51.2 Å². The van der Waals surface area contributed by atoms with E-state index in [1.54, 1.807) is 6.20 Å². The summed E-state index contributed by atoms with van der Waals surface area (Å²) in [5.41, 5.74) is 1.82. The lowest BCUT2D eigenvalue weighted by Crippen LogP contribution is -2.42. The van der Waals surface area contributed by atoms with E-state index in [0.717, 1.165) is 60.0 Å². The van der Waals surface area contributed by atoms with Gasteiger partial charge in [-0.25, -0.2) is 0 Å². The molecule has 1 fully saturated rings. The van der Waals surface area contributed by atoms with Crippen LogP contribution in [0.15, 0.2) is 54.7 Å². The van der Waals surface area contributed by atoms with Gasteiger partial charge in [0.2, 0.25) is 5.91 Å². The summed E-state index contributed by atoms with van der Waals surface area (Å²) in [6, 6.07) is 15.4. The number of rotatable bonds is 6. The van der Waals surface area contributed by atoms with Gasteiger partial charge >= 0.3 is 0 Å². The lowest BCUT2D eigenvalue weighted by atomic mass is 9.68. The van der Waals surface area contributed by atoms with E-state index >= 15 is 0 Å². The summed E-state index contributed by atoms with van der Waals surface area (Å²) in [5.74, 6) is 1.15. The third kappa shape index (κ3) is 4.40. The zero-order chi connectivity index (χ0) is 21.8. The molecule has 31 heavy (non-hydrogen) atoms. The molecule has 2 aromatic carbocycles. The van der Waals surface area contributed by atoms with Crippen LogP contribution < -0.4 is 10.1 Å². The zero-order valence-corrected chi connectivity index (χ0v) is 18.9. The Bertz CT molecular complexity index is 1070. The molecule has 4 nitrogen and oxygen atoms in total. The number of nitrogens with zero attached hydrogens (tertiary/aromatic N) is 1. The third-order valence-corrected chi connectivity index (χ3v) is 6.41. The molecule has 0 aliphatic heterocycles. The van der Waals surface area contributed by atoms with Crippen molar-refractivity contribution in [1.29, 1.82) is 0 Å². The maximum absolute atomic E-state index is 13.8. The second-order valence-corrected chi connectivity index (χ2v) is 9.20. The molecule has 1 saturated carbocycles. The number of fused-ring (bicyclic) bond motifs is 1. The molecule has 0 atom stereocenters. The highest BCUT2D eigenvalue weighted by molar-refractivity contribution is 6.32. The van der Waals surface area contributed by atoms with Crippen molar-refractivity contribution in [3.8, 4) is 5.75 Å². The number of carbonyl (C=O) groups excluding carboxylic acids is 1. The summed E-state index contributed by atoms with van der Waals surface area (Å²) >= 11 is 6.56. The smallest absolute Gasteiger partial charge is 0.235 e. The van der Waals surface area contributed by atoms with E-state index in [2.05, 4.69) is 24.1 Å². The van der Waals surface area contributed by atoms with Gasteiger partial charge in [-0.3, -0.25) is 9.78 Å². The minimum absolute atomic E-state index is 0.00121. The van der Waals surface area contributed by atoms with Gasteiger partial charge in [-0.15, -0.1) is 0 Å². The number of pyridine rings is 1. The van der Waals surface area contributed by atoms with Crippen LogP contribution in [0.4, 0.5) is 5.69 Å². The first kappa shape index (κ1) is 21.6. The molecule has 0 radical (unpaired) electrons. The average Bonchev–Trinajstić information content (AvgIpc) is 2.79. The molecule has 1 aliphatic rings. The van der Waals surface area contributed by atoms with Crippen LogP contribution >= 0.6 is 11.6 Å². The highest BCUT2D eigenvalue weighted by Gasteiger charge is 2.42. The van der Waals surface area contributed by atoms with Crippen molar-refractivity contribution in [2.24, 2.45) is 5.92 Å². The van der Waals surface area contributed by atoms with Crippen molar-refractivity contribution in [2.45, 2.75) is 51.4 Å². The van der Waals surface area contributed by atoms with Crippen molar-refractivity contribution >= 4 is 34.1 Å². The molecule has 0 saturated heterocycles. The average molecular weight is 437 g/mol. The van der Waals surface area contributed by atoms with Crippen LogP contribution in [0.1, 0.15) is 51.5 Å². The molecule has 5 heteroatoms. The van der Waals surface area contributed by atoms with E-state index in [4.69, 9.17) is 16.3 Å². The predicted octanol–water partition coefficient (Wildman–Crippen LogP) is 6.76. The van der Waals surface area contributed by atoms with Gasteiger partial charge in [-0.1, -0.05) is 62.9 Å². The minimum atomic E-state index is -0.613. The van der Waals surface area contributed by atoms with Gasteiger partial charge < -0.3 is 10.1 Å². The Kier molecular flexibility index (Phi) is 6.47. The van der Waals surface area contributed by atoms with Crippen LogP contribution in [-0.4, -0.2) is 17.5 Å². The summed E-state index contributed by atoms with van der Waals surface area (Å²) in [4.78, 5) is 18.3.